The normalized spacial score (nSPS) is 15.3. The molecule has 14 nitrogen and oxygen atoms in total. The van der Waals surface area contributed by atoms with Crippen LogP contribution in [0.2, 0.25) is 0 Å². The summed E-state index contributed by atoms with van der Waals surface area (Å²) >= 11 is 1.46. The minimum atomic E-state index is -1.65. The number of aliphatic hydroxyl groups excluding tert-OH is 1. The first-order valence-electron chi connectivity index (χ1n) is 9.93. The largest absolute Gasteiger partial charge is 0.480 e. The molecule has 0 aromatic heterocycles. The van der Waals surface area contributed by atoms with Crippen LogP contribution in [0.1, 0.15) is 32.6 Å². The van der Waals surface area contributed by atoms with Crippen molar-refractivity contribution in [2.24, 2.45) is 17.2 Å². The van der Waals surface area contributed by atoms with Crippen LogP contribution in [0.5, 0.6) is 0 Å². The number of nitrogens with one attached hydrogen (secondary N) is 3. The first-order valence-corrected chi connectivity index (χ1v) is 11.3. The molecule has 0 radical (unpaired) electrons. The molecule has 5 atom stereocenters. The lowest BCUT2D eigenvalue weighted by atomic mass is 10.1. The van der Waals surface area contributed by atoms with E-state index in [1.54, 1.807) is 0 Å². The summed E-state index contributed by atoms with van der Waals surface area (Å²) < 4.78 is 0. The molecule has 5 amide bonds. The molecule has 33 heavy (non-hydrogen) atoms. The molecule has 188 valence electrons. The molecule has 0 spiro atoms. The second-order valence-electron chi connectivity index (χ2n) is 7.25. The summed E-state index contributed by atoms with van der Waals surface area (Å²) in [5, 5.41) is 25.7. The topological polar surface area (TPSA) is 257 Å². The number of nitrogens with two attached hydrogens (primary N) is 3. The number of hydrogen-bond acceptors (Lipinski definition) is 9. The SMILES string of the molecule is CSCCC(N)C(=O)NC(CC(N)=O)C(=O)NC(C(=O)NC(CCC(N)=O)C(=O)O)C(C)O. The zero-order valence-electron chi connectivity index (χ0n) is 18.4. The second kappa shape index (κ2) is 15.0. The Balaban J connectivity index is 5.39. The zero-order chi connectivity index (χ0) is 25.7. The Morgan fingerprint density at radius 2 is 1.45 bits per heavy atom. The highest BCUT2D eigenvalue weighted by atomic mass is 32.2. The molecule has 0 aliphatic heterocycles. The van der Waals surface area contributed by atoms with Gasteiger partial charge in [-0.25, -0.2) is 4.79 Å². The van der Waals surface area contributed by atoms with Crippen molar-refractivity contribution in [2.75, 3.05) is 12.0 Å². The molecule has 5 unspecified atom stereocenters. The third kappa shape index (κ3) is 12.1. The van der Waals surface area contributed by atoms with Crippen molar-refractivity contribution in [3.05, 3.63) is 0 Å². The van der Waals surface area contributed by atoms with Gasteiger partial charge in [0, 0.05) is 6.42 Å². The first-order chi connectivity index (χ1) is 15.3. The minimum absolute atomic E-state index is 0.304. The van der Waals surface area contributed by atoms with Crippen LogP contribution in [-0.4, -0.2) is 88.0 Å². The van der Waals surface area contributed by atoms with Crippen molar-refractivity contribution < 1.29 is 39.0 Å². The van der Waals surface area contributed by atoms with E-state index in [2.05, 4.69) is 16.0 Å². The summed E-state index contributed by atoms with van der Waals surface area (Å²) in [7, 11) is 0. The van der Waals surface area contributed by atoms with Crippen LogP contribution in [0.4, 0.5) is 0 Å². The molecule has 0 saturated heterocycles. The van der Waals surface area contributed by atoms with Gasteiger partial charge in [0.05, 0.1) is 18.6 Å². The van der Waals surface area contributed by atoms with E-state index in [1.807, 2.05) is 6.26 Å². The number of amides is 5. The number of carbonyl (C=O) groups is 6. The summed E-state index contributed by atoms with van der Waals surface area (Å²) in [6.45, 7) is 1.16. The van der Waals surface area contributed by atoms with Crippen molar-refractivity contribution >= 4 is 47.3 Å². The number of primary amides is 2. The number of rotatable bonds is 16. The molecule has 0 bridgehead atoms. The van der Waals surface area contributed by atoms with E-state index in [4.69, 9.17) is 17.2 Å². The van der Waals surface area contributed by atoms with Crippen molar-refractivity contribution in [2.45, 2.75) is 62.9 Å². The van der Waals surface area contributed by atoms with Crippen molar-refractivity contribution in [1.29, 1.82) is 0 Å². The summed E-state index contributed by atoms with van der Waals surface area (Å²) in [6, 6.07) is -5.61. The van der Waals surface area contributed by atoms with Gasteiger partial charge in [-0.15, -0.1) is 0 Å². The number of carboxylic acids is 1. The fourth-order valence-electron chi connectivity index (χ4n) is 2.53. The van der Waals surface area contributed by atoms with Gasteiger partial charge in [0.25, 0.3) is 0 Å². The number of carboxylic acid groups (broad SMARTS) is 1. The van der Waals surface area contributed by atoms with Crippen molar-refractivity contribution in [3.63, 3.8) is 0 Å². The highest BCUT2D eigenvalue weighted by Gasteiger charge is 2.33. The summed E-state index contributed by atoms with van der Waals surface area (Å²) in [5.74, 6) is -5.41. The average Bonchev–Trinajstić information content (AvgIpc) is 2.71. The second-order valence-corrected chi connectivity index (χ2v) is 8.24. The predicted molar refractivity (Wildman–Crippen MR) is 118 cm³/mol. The van der Waals surface area contributed by atoms with E-state index < -0.39 is 72.2 Å². The Kier molecular flexibility index (Phi) is 13.7. The maximum absolute atomic E-state index is 12.7. The van der Waals surface area contributed by atoms with Crippen LogP contribution in [0, 0.1) is 0 Å². The monoisotopic (exact) mass is 492 g/mol. The fraction of sp³-hybridized carbons (Fsp3) is 0.667. The van der Waals surface area contributed by atoms with Crippen LogP contribution in [0.15, 0.2) is 0 Å². The van der Waals surface area contributed by atoms with Gasteiger partial charge in [-0.1, -0.05) is 0 Å². The molecule has 0 saturated carbocycles. The zero-order valence-corrected chi connectivity index (χ0v) is 19.2. The van der Waals surface area contributed by atoms with Gasteiger partial charge >= 0.3 is 5.97 Å². The number of aliphatic carboxylic acids is 1. The Morgan fingerprint density at radius 3 is 1.91 bits per heavy atom. The molecule has 0 fully saturated rings. The van der Waals surface area contributed by atoms with Crippen molar-refractivity contribution in [3.8, 4) is 0 Å². The summed E-state index contributed by atoms with van der Waals surface area (Å²) in [6.07, 6.45) is -0.626. The number of carbonyl (C=O) groups excluding carboxylic acids is 5. The third-order valence-corrected chi connectivity index (χ3v) is 5.01. The van der Waals surface area contributed by atoms with Gasteiger partial charge in [0.2, 0.25) is 29.5 Å². The van der Waals surface area contributed by atoms with Crippen LogP contribution in [-0.2, 0) is 28.8 Å². The first kappa shape index (κ1) is 30.1. The van der Waals surface area contributed by atoms with E-state index in [-0.39, 0.29) is 12.8 Å². The van der Waals surface area contributed by atoms with Gasteiger partial charge < -0.3 is 43.4 Å². The molecule has 15 heteroatoms. The maximum Gasteiger partial charge on any atom is 0.326 e. The van der Waals surface area contributed by atoms with E-state index >= 15 is 0 Å². The number of aliphatic hydroxyl groups is 1. The van der Waals surface area contributed by atoms with Gasteiger partial charge in [0.1, 0.15) is 18.1 Å². The van der Waals surface area contributed by atoms with Gasteiger partial charge in [-0.3, -0.25) is 24.0 Å². The van der Waals surface area contributed by atoms with Crippen LogP contribution in [0.3, 0.4) is 0 Å². The van der Waals surface area contributed by atoms with Crippen LogP contribution in [0.25, 0.3) is 0 Å². The minimum Gasteiger partial charge on any atom is -0.480 e. The quantitative estimate of drug-likeness (QED) is 0.104. The molecular formula is C18H32N6O8S. The highest BCUT2D eigenvalue weighted by Crippen LogP contribution is 2.04. The fourth-order valence-corrected chi connectivity index (χ4v) is 3.02. The Morgan fingerprint density at radius 1 is 0.879 bits per heavy atom. The summed E-state index contributed by atoms with van der Waals surface area (Å²) in [4.78, 5) is 71.0. The molecule has 0 aliphatic rings. The van der Waals surface area contributed by atoms with Crippen LogP contribution >= 0.6 is 11.8 Å². The number of thioether (sulfide) groups is 1. The molecule has 0 heterocycles. The molecule has 0 aliphatic carbocycles. The van der Waals surface area contributed by atoms with Gasteiger partial charge in [-0.05, 0) is 31.8 Å². The lowest BCUT2D eigenvalue weighted by Crippen LogP contribution is -2.60. The summed E-state index contributed by atoms with van der Waals surface area (Å²) in [5.41, 5.74) is 15.9. The van der Waals surface area contributed by atoms with E-state index in [9.17, 15) is 39.0 Å². The lowest BCUT2D eigenvalue weighted by molar-refractivity contribution is -0.143. The van der Waals surface area contributed by atoms with Gasteiger partial charge in [-0.2, -0.15) is 11.8 Å². The van der Waals surface area contributed by atoms with Crippen molar-refractivity contribution in [1.82, 2.24) is 16.0 Å². The van der Waals surface area contributed by atoms with E-state index in [0.29, 0.717) is 12.2 Å². The molecule has 11 N–H and O–H groups in total. The van der Waals surface area contributed by atoms with Crippen LogP contribution < -0.4 is 33.2 Å². The van der Waals surface area contributed by atoms with E-state index in [1.165, 1.54) is 11.8 Å². The Bertz CT molecular complexity index is 735. The maximum atomic E-state index is 12.7. The molecular weight excluding hydrogens is 460 g/mol. The van der Waals surface area contributed by atoms with Gasteiger partial charge in [0.15, 0.2) is 0 Å². The lowest BCUT2D eigenvalue weighted by Gasteiger charge is -2.26. The average molecular weight is 493 g/mol. The molecule has 0 aromatic rings. The Labute approximate surface area is 194 Å². The smallest absolute Gasteiger partial charge is 0.326 e. The third-order valence-electron chi connectivity index (χ3n) is 4.36. The Hall–Kier alpha value is -2.91. The number of hydrogen-bond donors (Lipinski definition) is 8. The molecule has 0 rings (SSSR count). The molecule has 0 aromatic carbocycles. The van der Waals surface area contributed by atoms with E-state index in [0.717, 1.165) is 6.92 Å². The highest BCUT2D eigenvalue weighted by molar-refractivity contribution is 7.98. The predicted octanol–water partition coefficient (Wildman–Crippen LogP) is -3.87. The standard InChI is InChI=1S/C18H32N6O8S/c1-8(25)14(17(30)22-10(18(31)32)3-4-12(20)26)24-16(29)11(7-13(21)27)23-15(28)9(19)5-6-33-2/h8-11,14,25H,3-7,19H2,1-2H3,(H2,20,26)(H2,21,27)(H,22,30)(H,23,28)(H,24,29)(H,31,32).